The zero-order valence-electron chi connectivity index (χ0n) is 11.0. The number of rotatable bonds is 3. The monoisotopic (exact) mass is 274 g/mol. The number of imidazole rings is 1. The molecule has 19 heavy (non-hydrogen) atoms. The first-order valence-corrected chi connectivity index (χ1v) is 7.47. The number of aromatic nitrogens is 2. The molecule has 0 unspecified atom stereocenters. The van der Waals surface area contributed by atoms with E-state index in [1.54, 1.807) is 0 Å². The molecular formula is C14H18N4S. The average Bonchev–Trinajstić information content (AvgIpc) is 2.82. The van der Waals surface area contributed by atoms with E-state index < -0.39 is 0 Å². The maximum atomic E-state index is 5.91. The first-order chi connectivity index (χ1) is 9.24. The molecule has 4 nitrogen and oxygen atoms in total. The second kappa shape index (κ2) is 5.17. The van der Waals surface area contributed by atoms with E-state index in [0.717, 1.165) is 36.9 Å². The summed E-state index contributed by atoms with van der Waals surface area (Å²) >= 11 is 1.91. The molecule has 100 valence electrons. The van der Waals surface area contributed by atoms with E-state index in [0.29, 0.717) is 0 Å². The van der Waals surface area contributed by atoms with Gasteiger partial charge in [0, 0.05) is 48.4 Å². The number of nitrogens with two attached hydrogens (primary N) is 1. The van der Waals surface area contributed by atoms with Crippen LogP contribution in [0.25, 0.3) is 0 Å². The van der Waals surface area contributed by atoms with E-state index in [9.17, 15) is 0 Å². The predicted molar refractivity (Wildman–Crippen MR) is 80.8 cm³/mol. The normalized spacial score (nSPS) is 14.5. The molecule has 0 aliphatic carbocycles. The highest BCUT2D eigenvalue weighted by Gasteiger charge is 2.17. The van der Waals surface area contributed by atoms with Gasteiger partial charge in [-0.25, -0.2) is 4.98 Å². The van der Waals surface area contributed by atoms with Crippen LogP contribution in [0.4, 0.5) is 11.4 Å². The smallest absolute Gasteiger partial charge is 0.105 e. The van der Waals surface area contributed by atoms with Crippen LogP contribution >= 0.6 is 11.8 Å². The fraction of sp³-hybridized carbons (Fsp3) is 0.357. The van der Waals surface area contributed by atoms with Crippen molar-refractivity contribution in [2.45, 2.75) is 18.4 Å². The van der Waals surface area contributed by atoms with Crippen molar-refractivity contribution in [1.82, 2.24) is 9.55 Å². The van der Waals surface area contributed by atoms with Crippen molar-refractivity contribution in [1.29, 1.82) is 0 Å². The van der Waals surface area contributed by atoms with Gasteiger partial charge in [0.2, 0.25) is 0 Å². The number of fused-ring (bicyclic) bond motifs is 1. The van der Waals surface area contributed by atoms with Crippen molar-refractivity contribution in [2.24, 2.45) is 0 Å². The third kappa shape index (κ3) is 2.56. The lowest BCUT2D eigenvalue weighted by Crippen LogP contribution is -2.32. The Labute approximate surface area is 117 Å². The molecule has 0 amide bonds. The van der Waals surface area contributed by atoms with Gasteiger partial charge in [0.1, 0.15) is 5.82 Å². The highest BCUT2D eigenvalue weighted by molar-refractivity contribution is 7.99. The summed E-state index contributed by atoms with van der Waals surface area (Å²) in [7, 11) is 0. The third-order valence-corrected chi connectivity index (χ3v) is 4.52. The van der Waals surface area contributed by atoms with Gasteiger partial charge in [-0.3, -0.25) is 0 Å². The molecule has 0 bridgehead atoms. The molecule has 3 rings (SSSR count). The average molecular weight is 274 g/mol. The molecule has 1 aliphatic heterocycles. The van der Waals surface area contributed by atoms with Crippen molar-refractivity contribution in [2.75, 3.05) is 29.5 Å². The van der Waals surface area contributed by atoms with E-state index in [1.807, 2.05) is 37.1 Å². The summed E-state index contributed by atoms with van der Waals surface area (Å²) < 4.78 is 2.19. The van der Waals surface area contributed by atoms with Crippen LogP contribution < -0.4 is 10.6 Å². The van der Waals surface area contributed by atoms with Gasteiger partial charge in [0.05, 0.1) is 5.69 Å². The quantitative estimate of drug-likeness (QED) is 0.873. The molecule has 2 aromatic rings. The van der Waals surface area contributed by atoms with Crippen LogP contribution in [-0.2, 0) is 6.54 Å². The largest absolute Gasteiger partial charge is 0.399 e. The molecule has 2 N–H and O–H groups in total. The van der Waals surface area contributed by atoms with Gasteiger partial charge in [0.25, 0.3) is 0 Å². The predicted octanol–water partition coefficient (Wildman–Crippen LogP) is 2.39. The van der Waals surface area contributed by atoms with Gasteiger partial charge in [0.15, 0.2) is 0 Å². The summed E-state index contributed by atoms with van der Waals surface area (Å²) in [5, 5.41) is 0. The van der Waals surface area contributed by atoms with Gasteiger partial charge in [-0.2, -0.15) is 0 Å². The van der Waals surface area contributed by atoms with Crippen LogP contribution in [0.15, 0.2) is 35.5 Å². The molecule has 0 saturated carbocycles. The standard InChI is InChI=1S/C14H18N4S/c1-11-16-4-5-17(11)6-7-18-8-9-19-14-3-2-12(15)10-13(14)18/h2-5,10H,6-9,15H2,1H3. The molecule has 0 atom stereocenters. The zero-order chi connectivity index (χ0) is 13.2. The van der Waals surface area contributed by atoms with E-state index in [1.165, 1.54) is 10.6 Å². The fourth-order valence-electron chi connectivity index (χ4n) is 2.39. The summed E-state index contributed by atoms with van der Waals surface area (Å²) in [5.74, 6) is 2.21. The summed E-state index contributed by atoms with van der Waals surface area (Å²) in [5.41, 5.74) is 8.02. The van der Waals surface area contributed by atoms with Gasteiger partial charge >= 0.3 is 0 Å². The Bertz CT molecular complexity index is 579. The number of benzene rings is 1. The number of nitrogen functional groups attached to an aromatic ring is 1. The highest BCUT2D eigenvalue weighted by Crippen LogP contribution is 2.35. The molecule has 5 heteroatoms. The van der Waals surface area contributed by atoms with Crippen LogP contribution in [0.1, 0.15) is 5.82 Å². The van der Waals surface area contributed by atoms with E-state index in [-0.39, 0.29) is 0 Å². The molecule has 0 saturated heterocycles. The van der Waals surface area contributed by atoms with E-state index in [4.69, 9.17) is 5.73 Å². The van der Waals surface area contributed by atoms with Crippen molar-refractivity contribution in [3.63, 3.8) is 0 Å². The molecule has 1 aliphatic rings. The lowest BCUT2D eigenvalue weighted by Gasteiger charge is -2.31. The molecule has 1 aromatic heterocycles. The minimum Gasteiger partial charge on any atom is -0.399 e. The van der Waals surface area contributed by atoms with Crippen molar-refractivity contribution >= 4 is 23.1 Å². The number of anilines is 2. The van der Waals surface area contributed by atoms with Gasteiger partial charge in [-0.05, 0) is 25.1 Å². The summed E-state index contributed by atoms with van der Waals surface area (Å²) in [4.78, 5) is 8.01. The summed E-state index contributed by atoms with van der Waals surface area (Å²) in [6.45, 7) is 5.08. The molecule has 0 spiro atoms. The first-order valence-electron chi connectivity index (χ1n) is 6.49. The van der Waals surface area contributed by atoms with Gasteiger partial charge < -0.3 is 15.2 Å². The topological polar surface area (TPSA) is 47.1 Å². The van der Waals surface area contributed by atoms with Gasteiger partial charge in [-0.1, -0.05) is 0 Å². The number of hydrogen-bond acceptors (Lipinski definition) is 4. The Kier molecular flexibility index (Phi) is 3.38. The number of nitrogens with zero attached hydrogens (tertiary/aromatic N) is 3. The maximum Gasteiger partial charge on any atom is 0.105 e. The van der Waals surface area contributed by atoms with Crippen LogP contribution in [0.3, 0.4) is 0 Å². The Morgan fingerprint density at radius 3 is 3.05 bits per heavy atom. The Balaban J connectivity index is 1.76. The molecule has 2 heterocycles. The summed E-state index contributed by atoms with van der Waals surface area (Å²) in [6.07, 6.45) is 3.89. The fourth-order valence-corrected chi connectivity index (χ4v) is 3.42. The minimum atomic E-state index is 0.838. The lowest BCUT2D eigenvalue weighted by molar-refractivity contribution is 0.645. The summed E-state index contributed by atoms with van der Waals surface area (Å²) in [6, 6.07) is 6.20. The van der Waals surface area contributed by atoms with Crippen molar-refractivity contribution in [3.05, 3.63) is 36.4 Å². The Morgan fingerprint density at radius 2 is 2.26 bits per heavy atom. The highest BCUT2D eigenvalue weighted by atomic mass is 32.2. The first kappa shape index (κ1) is 12.4. The van der Waals surface area contributed by atoms with Crippen LogP contribution in [0, 0.1) is 6.92 Å². The van der Waals surface area contributed by atoms with E-state index >= 15 is 0 Å². The molecule has 0 fully saturated rings. The van der Waals surface area contributed by atoms with E-state index in [2.05, 4.69) is 26.6 Å². The maximum absolute atomic E-state index is 5.91. The third-order valence-electron chi connectivity index (χ3n) is 3.48. The number of hydrogen-bond donors (Lipinski definition) is 1. The lowest BCUT2D eigenvalue weighted by atomic mass is 10.2. The molecule has 1 aromatic carbocycles. The zero-order valence-corrected chi connectivity index (χ0v) is 11.9. The molecule has 0 radical (unpaired) electrons. The van der Waals surface area contributed by atoms with Crippen molar-refractivity contribution < 1.29 is 0 Å². The van der Waals surface area contributed by atoms with Crippen LogP contribution in [-0.4, -0.2) is 28.4 Å². The SMILES string of the molecule is Cc1nccn1CCN1CCSc2ccc(N)cc21. The molecular weight excluding hydrogens is 256 g/mol. The van der Waals surface area contributed by atoms with Crippen molar-refractivity contribution in [3.8, 4) is 0 Å². The Hall–Kier alpha value is -1.62. The minimum absolute atomic E-state index is 0.838. The second-order valence-electron chi connectivity index (χ2n) is 4.73. The van der Waals surface area contributed by atoms with Crippen LogP contribution in [0.2, 0.25) is 0 Å². The number of aryl methyl sites for hydroxylation is 1. The number of thioether (sulfide) groups is 1. The second-order valence-corrected chi connectivity index (χ2v) is 5.87. The van der Waals surface area contributed by atoms with Crippen LogP contribution in [0.5, 0.6) is 0 Å². The Morgan fingerprint density at radius 1 is 1.37 bits per heavy atom. The van der Waals surface area contributed by atoms with Gasteiger partial charge in [-0.15, -0.1) is 11.8 Å².